The van der Waals surface area contributed by atoms with Crippen molar-refractivity contribution in [1.29, 1.82) is 0 Å². The van der Waals surface area contributed by atoms with Gasteiger partial charge in [0.25, 0.3) is 0 Å². The molecule has 1 aliphatic heterocycles. The van der Waals surface area contributed by atoms with Crippen LogP contribution < -0.4 is 16.4 Å². The Kier molecular flexibility index (Phi) is 5.37. The van der Waals surface area contributed by atoms with E-state index in [1.807, 2.05) is 29.6 Å². The summed E-state index contributed by atoms with van der Waals surface area (Å²) in [6.45, 7) is 2.91. The third kappa shape index (κ3) is 4.27. The van der Waals surface area contributed by atoms with E-state index < -0.39 is 0 Å². The summed E-state index contributed by atoms with van der Waals surface area (Å²) in [6, 6.07) is 9.61. The summed E-state index contributed by atoms with van der Waals surface area (Å²) in [7, 11) is 2.14. The highest BCUT2D eigenvalue weighted by atomic mass is 32.1. The molecule has 24 heavy (non-hydrogen) atoms. The first-order valence-corrected chi connectivity index (χ1v) is 9.16. The van der Waals surface area contributed by atoms with Gasteiger partial charge in [-0.1, -0.05) is 12.1 Å². The van der Waals surface area contributed by atoms with Crippen molar-refractivity contribution in [3.63, 3.8) is 0 Å². The molecule has 2 aromatic rings. The fraction of sp³-hybridized carbons (Fsp3) is 0.389. The van der Waals surface area contributed by atoms with Gasteiger partial charge in [0.2, 0.25) is 0 Å². The number of rotatable bonds is 4. The number of benzene rings is 1. The zero-order valence-electron chi connectivity index (χ0n) is 13.9. The van der Waals surface area contributed by atoms with E-state index >= 15 is 0 Å². The molecule has 128 valence electrons. The molecule has 0 saturated carbocycles. The average Bonchev–Trinajstić information content (AvgIpc) is 3.11. The van der Waals surface area contributed by atoms with Gasteiger partial charge < -0.3 is 21.3 Å². The molecule has 1 aromatic carbocycles. The molecule has 3 rings (SSSR count). The zero-order chi connectivity index (χ0) is 16.9. The first-order valence-electron chi connectivity index (χ1n) is 8.28. The molecule has 1 saturated heterocycles. The van der Waals surface area contributed by atoms with Crippen LogP contribution in [0.3, 0.4) is 0 Å². The maximum Gasteiger partial charge on any atom is 0.319 e. The van der Waals surface area contributed by atoms with E-state index in [0.717, 1.165) is 36.4 Å². The Hall–Kier alpha value is -2.05. The maximum atomic E-state index is 12.2. The van der Waals surface area contributed by atoms with Gasteiger partial charge in [-0.2, -0.15) is 0 Å². The van der Waals surface area contributed by atoms with Crippen molar-refractivity contribution in [3.05, 3.63) is 35.7 Å². The number of anilines is 2. The minimum absolute atomic E-state index is 0.191. The Morgan fingerprint density at radius 1 is 1.33 bits per heavy atom. The molecule has 0 unspecified atom stereocenters. The van der Waals surface area contributed by atoms with Gasteiger partial charge in [0.15, 0.2) is 0 Å². The minimum Gasteiger partial charge on any atom is -0.397 e. The lowest BCUT2D eigenvalue weighted by atomic mass is 9.97. The Morgan fingerprint density at radius 2 is 2.12 bits per heavy atom. The van der Waals surface area contributed by atoms with Crippen molar-refractivity contribution in [1.82, 2.24) is 10.2 Å². The van der Waals surface area contributed by atoms with Crippen LogP contribution in [0.5, 0.6) is 0 Å². The first kappa shape index (κ1) is 16.8. The van der Waals surface area contributed by atoms with Crippen LogP contribution in [0.2, 0.25) is 0 Å². The molecule has 0 radical (unpaired) electrons. The fourth-order valence-corrected chi connectivity index (χ4v) is 3.65. The van der Waals surface area contributed by atoms with Crippen LogP contribution >= 0.6 is 11.3 Å². The summed E-state index contributed by atoms with van der Waals surface area (Å²) in [6.07, 6.45) is 2.26. The Morgan fingerprint density at radius 3 is 2.83 bits per heavy atom. The number of carbonyl (C=O) groups excluding carboxylic acids is 1. The molecular weight excluding hydrogens is 320 g/mol. The molecule has 0 atom stereocenters. The van der Waals surface area contributed by atoms with Crippen molar-refractivity contribution in [3.8, 4) is 10.4 Å². The number of nitrogens with zero attached hydrogens (tertiary/aromatic N) is 1. The summed E-state index contributed by atoms with van der Waals surface area (Å²) in [4.78, 5) is 15.7. The van der Waals surface area contributed by atoms with E-state index in [9.17, 15) is 4.79 Å². The van der Waals surface area contributed by atoms with Crippen LogP contribution in [-0.4, -0.2) is 37.6 Å². The van der Waals surface area contributed by atoms with Gasteiger partial charge in [-0.15, -0.1) is 11.3 Å². The fourth-order valence-electron chi connectivity index (χ4n) is 2.93. The monoisotopic (exact) mass is 344 g/mol. The number of urea groups is 1. The molecule has 1 aromatic heterocycles. The number of nitrogens with two attached hydrogens (primary N) is 1. The number of nitrogen functional groups attached to an aromatic ring is 1. The molecule has 2 heterocycles. The van der Waals surface area contributed by atoms with Gasteiger partial charge in [-0.05, 0) is 68.0 Å². The third-order valence-corrected chi connectivity index (χ3v) is 5.42. The Balaban J connectivity index is 1.57. The Labute approximate surface area is 146 Å². The van der Waals surface area contributed by atoms with Crippen LogP contribution in [0.4, 0.5) is 16.2 Å². The van der Waals surface area contributed by atoms with Crippen molar-refractivity contribution >= 4 is 28.7 Å². The quantitative estimate of drug-likeness (QED) is 0.744. The summed E-state index contributed by atoms with van der Waals surface area (Å²) in [5.74, 6) is 0.557. The van der Waals surface area contributed by atoms with Crippen molar-refractivity contribution in [2.45, 2.75) is 12.8 Å². The molecule has 5 nitrogen and oxygen atoms in total. The predicted molar refractivity (Wildman–Crippen MR) is 101 cm³/mol. The minimum atomic E-state index is -0.191. The lowest BCUT2D eigenvalue weighted by molar-refractivity contribution is 0.213. The van der Waals surface area contributed by atoms with E-state index in [4.69, 9.17) is 5.73 Å². The van der Waals surface area contributed by atoms with Crippen molar-refractivity contribution in [2.75, 3.05) is 37.7 Å². The standard InChI is InChI=1S/C18H24N4OS/c1-22-8-6-13(7-9-22)12-20-18(23)21-16-11-14(4-5-15(16)19)17-3-2-10-24-17/h2-5,10-11,13H,6-9,12,19H2,1H3,(H2,20,21,23). The summed E-state index contributed by atoms with van der Waals surface area (Å²) >= 11 is 1.67. The molecular formula is C18H24N4OS. The van der Waals surface area contributed by atoms with Crippen molar-refractivity contribution < 1.29 is 4.79 Å². The van der Waals surface area contributed by atoms with Gasteiger partial charge in [0.1, 0.15) is 0 Å². The second kappa shape index (κ2) is 7.68. The molecule has 2 amide bonds. The van der Waals surface area contributed by atoms with E-state index in [0.29, 0.717) is 23.8 Å². The highest BCUT2D eigenvalue weighted by Gasteiger charge is 2.17. The number of amides is 2. The number of nitrogens with one attached hydrogen (secondary N) is 2. The number of thiophene rings is 1. The van der Waals surface area contributed by atoms with Crippen LogP contribution in [0.15, 0.2) is 35.7 Å². The van der Waals surface area contributed by atoms with Crippen LogP contribution in [-0.2, 0) is 0 Å². The van der Waals surface area contributed by atoms with E-state index in [1.165, 1.54) is 0 Å². The lowest BCUT2D eigenvalue weighted by Crippen LogP contribution is -2.38. The van der Waals surface area contributed by atoms with E-state index in [2.05, 4.69) is 28.6 Å². The molecule has 0 aliphatic carbocycles. The lowest BCUT2D eigenvalue weighted by Gasteiger charge is -2.28. The SMILES string of the molecule is CN1CCC(CNC(=O)Nc2cc(-c3cccs3)ccc2N)CC1. The molecule has 0 spiro atoms. The average molecular weight is 344 g/mol. The Bertz CT molecular complexity index is 678. The zero-order valence-corrected chi connectivity index (χ0v) is 14.7. The summed E-state index contributed by atoms with van der Waals surface area (Å²) in [5, 5.41) is 7.89. The molecule has 1 aliphatic rings. The third-order valence-electron chi connectivity index (χ3n) is 4.50. The topological polar surface area (TPSA) is 70.4 Å². The maximum absolute atomic E-state index is 12.2. The molecule has 0 bridgehead atoms. The second-order valence-corrected chi connectivity index (χ2v) is 7.31. The summed E-state index contributed by atoms with van der Waals surface area (Å²) < 4.78 is 0. The largest absolute Gasteiger partial charge is 0.397 e. The highest BCUT2D eigenvalue weighted by molar-refractivity contribution is 7.13. The molecule has 1 fully saturated rings. The second-order valence-electron chi connectivity index (χ2n) is 6.36. The van der Waals surface area contributed by atoms with E-state index in [1.54, 1.807) is 11.3 Å². The predicted octanol–water partition coefficient (Wildman–Crippen LogP) is 3.46. The number of likely N-dealkylation sites (tertiary alicyclic amines) is 1. The smallest absolute Gasteiger partial charge is 0.319 e. The first-order chi connectivity index (χ1) is 11.6. The van der Waals surface area contributed by atoms with Crippen LogP contribution in [0, 0.1) is 5.92 Å². The normalized spacial score (nSPS) is 16.0. The highest BCUT2D eigenvalue weighted by Crippen LogP contribution is 2.30. The van der Waals surface area contributed by atoms with Crippen LogP contribution in [0.25, 0.3) is 10.4 Å². The number of piperidine rings is 1. The van der Waals surface area contributed by atoms with Crippen LogP contribution in [0.1, 0.15) is 12.8 Å². The number of hydrogen-bond acceptors (Lipinski definition) is 4. The van der Waals surface area contributed by atoms with E-state index in [-0.39, 0.29) is 6.03 Å². The molecule has 6 heteroatoms. The van der Waals surface area contributed by atoms with Gasteiger partial charge in [-0.25, -0.2) is 4.79 Å². The van der Waals surface area contributed by atoms with Crippen molar-refractivity contribution in [2.24, 2.45) is 5.92 Å². The number of carbonyl (C=O) groups is 1. The van der Waals surface area contributed by atoms with Gasteiger partial charge in [-0.3, -0.25) is 0 Å². The van der Waals surface area contributed by atoms with Gasteiger partial charge >= 0.3 is 6.03 Å². The van der Waals surface area contributed by atoms with Gasteiger partial charge in [0, 0.05) is 11.4 Å². The van der Waals surface area contributed by atoms with Gasteiger partial charge in [0.05, 0.1) is 11.4 Å². The number of hydrogen-bond donors (Lipinski definition) is 3. The molecule has 4 N–H and O–H groups in total. The summed E-state index contributed by atoms with van der Waals surface area (Å²) in [5.41, 5.74) is 8.29.